The average Bonchev–Trinajstić information content (AvgIpc) is 3.51. The fraction of sp³-hybridized carbons (Fsp3) is 0.333. The summed E-state index contributed by atoms with van der Waals surface area (Å²) in [6.07, 6.45) is 2.64. The van der Waals surface area contributed by atoms with Crippen molar-refractivity contribution in [1.29, 1.82) is 0 Å². The summed E-state index contributed by atoms with van der Waals surface area (Å²) in [5.74, 6) is 0.534. The van der Waals surface area contributed by atoms with Crippen molar-refractivity contribution in [2.24, 2.45) is 0 Å². The van der Waals surface area contributed by atoms with Crippen molar-refractivity contribution in [2.45, 2.75) is 13.0 Å². The molecule has 3 aromatic heterocycles. The summed E-state index contributed by atoms with van der Waals surface area (Å²) in [5, 5.41) is 4.33. The molecule has 1 aromatic carbocycles. The van der Waals surface area contributed by atoms with Crippen LogP contribution in [0.1, 0.15) is 10.4 Å². The van der Waals surface area contributed by atoms with E-state index in [-0.39, 0.29) is 0 Å². The number of aromatic nitrogens is 3. The van der Waals surface area contributed by atoms with Crippen LogP contribution in [0.4, 0.5) is 17.3 Å². The maximum absolute atomic E-state index is 11.5. The number of fused-ring (bicyclic) bond motifs is 2. The summed E-state index contributed by atoms with van der Waals surface area (Å²) in [6, 6.07) is 12.5. The van der Waals surface area contributed by atoms with Gasteiger partial charge in [0.05, 0.1) is 10.6 Å². The van der Waals surface area contributed by atoms with Crippen molar-refractivity contribution in [2.75, 3.05) is 50.0 Å². The van der Waals surface area contributed by atoms with E-state index in [0.29, 0.717) is 19.0 Å². The predicted octanol–water partition coefficient (Wildman–Crippen LogP) is 3.68. The van der Waals surface area contributed by atoms with Crippen LogP contribution in [0.3, 0.4) is 0 Å². The lowest BCUT2D eigenvalue weighted by Crippen LogP contribution is -2.44. The molecule has 6 rings (SSSR count). The van der Waals surface area contributed by atoms with Gasteiger partial charge in [-0.3, -0.25) is 4.55 Å². The largest absolute Gasteiger partial charge is 0.369 e. The number of benzene rings is 1. The molecule has 0 aliphatic carbocycles. The standard InChI is InChI=1S/C24H27N7O2S2/c1-29-10-12-30(13-11-29)18-4-2-17(3-5-18)26-24-27-22(19-6-8-25-23(19)28-24)21-14-16-15-31(35(32)33)9-7-20(16)34-21/h2-6,8,14H,7,9-13,15H2,1H3,(H,32,33)(H2,25,26,27,28). The lowest BCUT2D eigenvalue weighted by atomic mass is 10.1. The summed E-state index contributed by atoms with van der Waals surface area (Å²) in [5.41, 5.74) is 4.90. The first-order valence-electron chi connectivity index (χ1n) is 11.7. The molecule has 2 aliphatic heterocycles. The molecule has 0 bridgehead atoms. The van der Waals surface area contributed by atoms with Crippen molar-refractivity contribution in [3.63, 3.8) is 0 Å². The fourth-order valence-electron chi connectivity index (χ4n) is 4.69. The number of hydrogen-bond acceptors (Lipinski definition) is 7. The normalized spacial score (nSPS) is 18.1. The van der Waals surface area contributed by atoms with Crippen molar-refractivity contribution < 1.29 is 8.76 Å². The summed E-state index contributed by atoms with van der Waals surface area (Å²) < 4.78 is 22.6. The summed E-state index contributed by atoms with van der Waals surface area (Å²) in [4.78, 5) is 19.8. The van der Waals surface area contributed by atoms with Crippen LogP contribution in [-0.2, 0) is 24.2 Å². The fourth-order valence-corrected chi connectivity index (χ4v) is 6.36. The van der Waals surface area contributed by atoms with Crippen LogP contribution in [0.25, 0.3) is 21.6 Å². The number of likely N-dealkylation sites (N-methyl/N-ethyl adjacent to an activating group) is 1. The van der Waals surface area contributed by atoms with Gasteiger partial charge in [0, 0.05) is 67.1 Å². The van der Waals surface area contributed by atoms with Crippen LogP contribution >= 0.6 is 11.3 Å². The molecule has 1 atom stereocenters. The first-order valence-corrected chi connectivity index (χ1v) is 13.5. The van der Waals surface area contributed by atoms with E-state index in [0.717, 1.165) is 65.5 Å². The molecule has 0 amide bonds. The maximum atomic E-state index is 11.5. The molecular weight excluding hydrogens is 482 g/mol. The molecule has 0 spiro atoms. The number of hydrogen-bond donors (Lipinski definition) is 3. The third kappa shape index (κ3) is 4.57. The van der Waals surface area contributed by atoms with E-state index in [9.17, 15) is 8.76 Å². The van der Waals surface area contributed by atoms with Crippen molar-refractivity contribution in [1.82, 2.24) is 24.2 Å². The van der Waals surface area contributed by atoms with Gasteiger partial charge in [-0.1, -0.05) is 0 Å². The first kappa shape index (κ1) is 22.6. The van der Waals surface area contributed by atoms with Crippen LogP contribution in [0, 0.1) is 0 Å². The number of thiophene rings is 1. The molecule has 182 valence electrons. The first-order chi connectivity index (χ1) is 17.0. The van der Waals surface area contributed by atoms with Gasteiger partial charge < -0.3 is 20.1 Å². The van der Waals surface area contributed by atoms with Crippen molar-refractivity contribution >= 4 is 51.0 Å². The van der Waals surface area contributed by atoms with Crippen LogP contribution < -0.4 is 10.2 Å². The van der Waals surface area contributed by atoms with Gasteiger partial charge in [0.2, 0.25) is 17.2 Å². The van der Waals surface area contributed by atoms with E-state index in [4.69, 9.17) is 4.98 Å². The SMILES string of the molecule is CN1CCN(c2ccc(Nc3nc(-c4cc5c(s4)CCN(S(=O)O)C5)c4cc[nH]c4n3)cc2)CC1. The van der Waals surface area contributed by atoms with Crippen LogP contribution in [0.15, 0.2) is 42.6 Å². The van der Waals surface area contributed by atoms with E-state index in [1.54, 1.807) is 15.6 Å². The van der Waals surface area contributed by atoms with Crippen molar-refractivity contribution in [3.05, 3.63) is 53.0 Å². The highest BCUT2D eigenvalue weighted by atomic mass is 32.2. The van der Waals surface area contributed by atoms with Crippen molar-refractivity contribution in [3.8, 4) is 10.6 Å². The topological polar surface area (TPSA) is 101 Å². The molecule has 5 heterocycles. The number of nitrogens with zero attached hydrogens (tertiary/aromatic N) is 5. The zero-order valence-electron chi connectivity index (χ0n) is 19.4. The minimum Gasteiger partial charge on any atom is -0.369 e. The average molecular weight is 510 g/mol. The summed E-state index contributed by atoms with van der Waals surface area (Å²) in [6.45, 7) is 5.28. The van der Waals surface area contributed by atoms with Gasteiger partial charge >= 0.3 is 0 Å². The molecule has 1 saturated heterocycles. The molecule has 0 radical (unpaired) electrons. The van der Waals surface area contributed by atoms with Gasteiger partial charge in [-0.25, -0.2) is 9.19 Å². The van der Waals surface area contributed by atoms with Crippen LogP contribution in [0.5, 0.6) is 0 Å². The van der Waals surface area contributed by atoms with Gasteiger partial charge in [0.1, 0.15) is 5.65 Å². The highest BCUT2D eigenvalue weighted by Crippen LogP contribution is 2.37. The Hall–Kier alpha value is -2.83. The van der Waals surface area contributed by atoms with Gasteiger partial charge in [-0.15, -0.1) is 11.3 Å². The molecule has 1 fully saturated rings. The summed E-state index contributed by atoms with van der Waals surface area (Å²) in [7, 11) is 2.16. The van der Waals surface area contributed by atoms with Crippen LogP contribution in [0.2, 0.25) is 0 Å². The maximum Gasteiger partial charge on any atom is 0.234 e. The minimum absolute atomic E-state index is 0.473. The zero-order valence-corrected chi connectivity index (χ0v) is 21.0. The lowest BCUT2D eigenvalue weighted by molar-refractivity contribution is 0.313. The minimum atomic E-state index is -1.95. The molecule has 35 heavy (non-hydrogen) atoms. The molecule has 3 N–H and O–H groups in total. The molecule has 1 unspecified atom stereocenters. The van der Waals surface area contributed by atoms with E-state index < -0.39 is 11.3 Å². The Bertz CT molecular complexity index is 1380. The van der Waals surface area contributed by atoms with Gasteiger partial charge in [-0.2, -0.15) is 9.29 Å². The molecule has 11 heteroatoms. The van der Waals surface area contributed by atoms with E-state index in [2.05, 4.69) is 62.5 Å². The predicted molar refractivity (Wildman–Crippen MR) is 142 cm³/mol. The Kier molecular flexibility index (Phi) is 6.02. The third-order valence-electron chi connectivity index (χ3n) is 6.69. The van der Waals surface area contributed by atoms with Gasteiger partial charge in [-0.05, 0) is 55.4 Å². The Morgan fingerprint density at radius 3 is 2.66 bits per heavy atom. The Morgan fingerprint density at radius 2 is 1.89 bits per heavy atom. The second kappa shape index (κ2) is 9.32. The Balaban J connectivity index is 1.26. The molecule has 9 nitrogen and oxygen atoms in total. The molecule has 0 saturated carbocycles. The van der Waals surface area contributed by atoms with E-state index >= 15 is 0 Å². The molecule has 4 aromatic rings. The zero-order chi connectivity index (χ0) is 23.9. The highest BCUT2D eigenvalue weighted by Gasteiger charge is 2.24. The molecular formula is C24H27N7O2S2. The number of piperazine rings is 1. The summed E-state index contributed by atoms with van der Waals surface area (Å²) >= 11 is -0.245. The smallest absolute Gasteiger partial charge is 0.234 e. The molecule has 2 aliphatic rings. The van der Waals surface area contributed by atoms with E-state index in [1.165, 1.54) is 10.6 Å². The second-order valence-corrected chi connectivity index (χ2v) is 11.1. The number of anilines is 3. The number of rotatable bonds is 5. The Labute approximate surface area is 210 Å². The second-order valence-electron chi connectivity index (χ2n) is 9.00. The van der Waals surface area contributed by atoms with Crippen LogP contribution in [-0.4, -0.2) is 72.7 Å². The van der Waals surface area contributed by atoms with Gasteiger partial charge in [0.15, 0.2) is 0 Å². The monoisotopic (exact) mass is 509 g/mol. The van der Waals surface area contributed by atoms with E-state index in [1.807, 2.05) is 12.3 Å². The highest BCUT2D eigenvalue weighted by molar-refractivity contribution is 7.76. The Morgan fingerprint density at radius 1 is 1.09 bits per heavy atom. The lowest BCUT2D eigenvalue weighted by Gasteiger charge is -2.34. The number of H-pyrrole nitrogens is 1. The van der Waals surface area contributed by atoms with Gasteiger partial charge in [0.25, 0.3) is 0 Å². The number of nitrogens with one attached hydrogen (secondary N) is 2. The number of aromatic amines is 1. The quantitative estimate of drug-likeness (QED) is 0.353. The third-order valence-corrected chi connectivity index (χ3v) is 8.69.